The van der Waals surface area contributed by atoms with Gasteiger partial charge in [-0.15, -0.1) is 0 Å². The highest BCUT2D eigenvalue weighted by atomic mass is 35.5. The van der Waals surface area contributed by atoms with Gasteiger partial charge in [0.1, 0.15) is 0 Å². The molecule has 5 nitrogen and oxygen atoms in total. The molecule has 0 aromatic heterocycles. The summed E-state index contributed by atoms with van der Waals surface area (Å²) < 4.78 is 5.19. The van der Waals surface area contributed by atoms with Gasteiger partial charge >= 0.3 is 5.97 Å². The second kappa shape index (κ2) is 7.84. The number of nitrogens with two attached hydrogens (primary N) is 1. The van der Waals surface area contributed by atoms with E-state index in [4.69, 9.17) is 22.1 Å². The zero-order valence-electron chi connectivity index (χ0n) is 13.5. The molecule has 6 heteroatoms. The van der Waals surface area contributed by atoms with Gasteiger partial charge in [0.2, 0.25) is 0 Å². The number of carbonyl (C=O) groups excluding carboxylic acids is 2. The zero-order valence-corrected chi connectivity index (χ0v) is 14.3. The molecule has 0 unspecified atom stereocenters. The van der Waals surface area contributed by atoms with E-state index in [1.54, 1.807) is 31.2 Å². The van der Waals surface area contributed by atoms with E-state index in [9.17, 15) is 9.59 Å². The Balaban J connectivity index is 1.95. The van der Waals surface area contributed by atoms with E-state index in [2.05, 4.69) is 5.32 Å². The van der Waals surface area contributed by atoms with E-state index in [0.29, 0.717) is 10.7 Å². The van der Waals surface area contributed by atoms with Crippen LogP contribution in [0.25, 0.3) is 0 Å². The summed E-state index contributed by atoms with van der Waals surface area (Å²) in [4.78, 5) is 24.2. The number of hydrogen-bond acceptors (Lipinski definition) is 4. The molecule has 3 N–H and O–H groups in total. The maximum absolute atomic E-state index is 12.2. The normalized spacial score (nSPS) is 11.6. The van der Waals surface area contributed by atoms with Crippen LogP contribution in [0, 0.1) is 6.92 Å². The maximum Gasteiger partial charge on any atom is 0.341 e. The van der Waals surface area contributed by atoms with E-state index in [1.807, 2.05) is 18.2 Å². The van der Waals surface area contributed by atoms with Crippen molar-refractivity contribution in [1.82, 2.24) is 5.32 Å². The van der Waals surface area contributed by atoms with Crippen molar-refractivity contribution in [3.05, 3.63) is 64.2 Å². The summed E-state index contributed by atoms with van der Waals surface area (Å²) in [5.74, 6) is -1.04. The van der Waals surface area contributed by atoms with Crippen molar-refractivity contribution in [2.75, 3.05) is 5.73 Å². The molecule has 0 saturated heterocycles. The first kappa shape index (κ1) is 17.8. The molecule has 1 amide bonds. The molecule has 2 aromatic rings. The fourth-order valence-corrected chi connectivity index (χ4v) is 2.31. The van der Waals surface area contributed by atoms with E-state index in [0.717, 1.165) is 11.1 Å². The average molecular weight is 347 g/mol. The summed E-state index contributed by atoms with van der Waals surface area (Å²) in [5, 5.41) is 3.26. The Morgan fingerprint density at radius 1 is 1.21 bits per heavy atom. The van der Waals surface area contributed by atoms with E-state index in [-0.39, 0.29) is 12.1 Å². The number of carbonyl (C=O) groups is 2. The lowest BCUT2D eigenvalue weighted by Gasteiger charge is -2.15. The predicted octanol–water partition coefficient (Wildman–Crippen LogP) is 3.09. The van der Waals surface area contributed by atoms with Gasteiger partial charge in [0.15, 0.2) is 6.10 Å². The average Bonchev–Trinajstić information content (AvgIpc) is 2.56. The summed E-state index contributed by atoms with van der Waals surface area (Å²) >= 11 is 6.03. The van der Waals surface area contributed by atoms with Gasteiger partial charge in [-0.1, -0.05) is 41.9 Å². The van der Waals surface area contributed by atoms with Crippen molar-refractivity contribution in [1.29, 1.82) is 0 Å². The van der Waals surface area contributed by atoms with Crippen LogP contribution in [0.15, 0.2) is 42.5 Å². The Morgan fingerprint density at radius 3 is 2.62 bits per heavy atom. The Morgan fingerprint density at radius 2 is 1.92 bits per heavy atom. The summed E-state index contributed by atoms with van der Waals surface area (Å²) in [7, 11) is 0. The van der Waals surface area contributed by atoms with Crippen LogP contribution in [0.1, 0.15) is 28.4 Å². The van der Waals surface area contributed by atoms with E-state index in [1.165, 1.54) is 6.92 Å². The number of benzene rings is 2. The lowest BCUT2D eigenvalue weighted by molar-refractivity contribution is -0.129. The smallest absolute Gasteiger partial charge is 0.341 e. The first-order chi connectivity index (χ1) is 11.4. The minimum absolute atomic E-state index is 0.251. The maximum atomic E-state index is 12.2. The summed E-state index contributed by atoms with van der Waals surface area (Å²) in [6, 6.07) is 12.3. The largest absolute Gasteiger partial charge is 0.449 e. The van der Waals surface area contributed by atoms with Crippen LogP contribution in [0.4, 0.5) is 5.69 Å². The van der Waals surface area contributed by atoms with Gasteiger partial charge < -0.3 is 15.8 Å². The summed E-state index contributed by atoms with van der Waals surface area (Å²) in [5.41, 5.74) is 8.04. The van der Waals surface area contributed by atoms with Crippen LogP contribution in [-0.2, 0) is 16.1 Å². The number of aryl methyl sites for hydroxylation is 1. The quantitative estimate of drug-likeness (QED) is 0.644. The van der Waals surface area contributed by atoms with Crippen molar-refractivity contribution >= 4 is 29.2 Å². The number of para-hydroxylation sites is 1. The molecule has 0 bridgehead atoms. The Labute approximate surface area is 145 Å². The van der Waals surface area contributed by atoms with Crippen molar-refractivity contribution in [2.45, 2.75) is 26.5 Å². The summed E-state index contributed by atoms with van der Waals surface area (Å²) in [6.45, 7) is 3.56. The third-order valence-corrected chi connectivity index (χ3v) is 3.98. The molecule has 24 heavy (non-hydrogen) atoms. The fourth-order valence-electron chi connectivity index (χ4n) is 2.10. The molecular formula is C18H19ClN2O3. The second-order valence-electron chi connectivity index (χ2n) is 5.39. The topological polar surface area (TPSA) is 81.4 Å². The lowest BCUT2D eigenvalue weighted by Crippen LogP contribution is -2.35. The Kier molecular flexibility index (Phi) is 5.82. The molecule has 0 saturated carbocycles. The van der Waals surface area contributed by atoms with Crippen LogP contribution < -0.4 is 11.1 Å². The Hall–Kier alpha value is -2.53. The molecule has 0 radical (unpaired) electrons. The van der Waals surface area contributed by atoms with E-state index < -0.39 is 18.0 Å². The number of hydrogen-bond donors (Lipinski definition) is 2. The van der Waals surface area contributed by atoms with Crippen molar-refractivity contribution in [3.63, 3.8) is 0 Å². The number of nitrogens with one attached hydrogen (secondary N) is 1. The molecule has 2 aromatic carbocycles. The lowest BCUT2D eigenvalue weighted by atomic mass is 10.1. The monoisotopic (exact) mass is 346 g/mol. The molecule has 0 heterocycles. The standard InChI is InChI=1S/C18H19ClN2O3/c1-11-6-5-8-14(16(11)20)18(23)24-12(2)17(22)21-10-13-7-3-4-9-15(13)19/h3-9,12H,10,20H2,1-2H3,(H,21,22)/t12-/m1/s1. The third-order valence-electron chi connectivity index (χ3n) is 3.61. The van der Waals surface area contributed by atoms with Gasteiger partial charge in [-0.3, -0.25) is 4.79 Å². The highest BCUT2D eigenvalue weighted by Gasteiger charge is 2.20. The number of rotatable bonds is 5. The van der Waals surface area contributed by atoms with Crippen LogP contribution in [0.5, 0.6) is 0 Å². The molecule has 0 aliphatic carbocycles. The first-order valence-corrected chi connectivity index (χ1v) is 7.85. The number of halogens is 1. The van der Waals surface area contributed by atoms with Crippen LogP contribution in [0.3, 0.4) is 0 Å². The first-order valence-electron chi connectivity index (χ1n) is 7.47. The van der Waals surface area contributed by atoms with Gasteiger partial charge in [0.05, 0.1) is 5.56 Å². The highest BCUT2D eigenvalue weighted by molar-refractivity contribution is 6.31. The fraction of sp³-hybridized carbons (Fsp3) is 0.222. The SMILES string of the molecule is Cc1cccc(C(=O)O[C@H](C)C(=O)NCc2ccccc2Cl)c1N. The molecule has 126 valence electrons. The number of nitrogen functional groups attached to an aromatic ring is 1. The highest BCUT2D eigenvalue weighted by Crippen LogP contribution is 2.18. The number of anilines is 1. The molecular weight excluding hydrogens is 328 g/mol. The van der Waals surface area contributed by atoms with Gasteiger partial charge in [-0.25, -0.2) is 4.79 Å². The number of ether oxygens (including phenoxy) is 1. The van der Waals surface area contributed by atoms with Crippen molar-refractivity contribution in [2.24, 2.45) is 0 Å². The predicted molar refractivity (Wildman–Crippen MR) is 93.8 cm³/mol. The molecule has 0 spiro atoms. The second-order valence-corrected chi connectivity index (χ2v) is 5.80. The summed E-state index contributed by atoms with van der Waals surface area (Å²) in [6.07, 6.45) is -0.945. The Bertz CT molecular complexity index is 762. The van der Waals surface area contributed by atoms with Crippen molar-refractivity contribution in [3.8, 4) is 0 Å². The number of esters is 1. The van der Waals surface area contributed by atoms with Gasteiger partial charge in [0, 0.05) is 17.3 Å². The molecule has 0 aliphatic heterocycles. The van der Waals surface area contributed by atoms with Gasteiger partial charge in [-0.2, -0.15) is 0 Å². The van der Waals surface area contributed by atoms with Crippen molar-refractivity contribution < 1.29 is 14.3 Å². The number of amides is 1. The van der Waals surface area contributed by atoms with Crippen LogP contribution in [-0.4, -0.2) is 18.0 Å². The molecule has 0 fully saturated rings. The minimum Gasteiger partial charge on any atom is -0.449 e. The van der Waals surface area contributed by atoms with Gasteiger partial charge in [0.25, 0.3) is 5.91 Å². The third kappa shape index (κ3) is 4.26. The van der Waals surface area contributed by atoms with Crippen LogP contribution in [0.2, 0.25) is 5.02 Å². The molecule has 1 atom stereocenters. The minimum atomic E-state index is -0.945. The van der Waals surface area contributed by atoms with E-state index >= 15 is 0 Å². The molecule has 2 rings (SSSR count). The zero-order chi connectivity index (χ0) is 17.7. The van der Waals surface area contributed by atoms with Crippen LogP contribution >= 0.6 is 11.6 Å². The molecule has 0 aliphatic rings. The van der Waals surface area contributed by atoms with Gasteiger partial charge in [-0.05, 0) is 37.1 Å².